The molecule has 19 heavy (non-hydrogen) atoms. The molecule has 1 unspecified atom stereocenters. The zero-order valence-corrected chi connectivity index (χ0v) is 12.8. The standard InChI is InChI=1S/C15H17BrFNO/c1-4-18-15(12-5-6-13(16)19-12)14-9(2)7-11(17)8-10(14)3/h5-8,15,18H,4H2,1-3H3. The van der Waals surface area contributed by atoms with Gasteiger partial charge in [-0.05, 0) is 77.3 Å². The number of nitrogens with one attached hydrogen (secondary N) is 1. The van der Waals surface area contributed by atoms with Gasteiger partial charge in [-0.3, -0.25) is 0 Å². The number of hydrogen-bond donors (Lipinski definition) is 1. The van der Waals surface area contributed by atoms with Crippen LogP contribution < -0.4 is 5.32 Å². The highest BCUT2D eigenvalue weighted by Crippen LogP contribution is 2.30. The zero-order chi connectivity index (χ0) is 14.0. The first kappa shape index (κ1) is 14.3. The van der Waals surface area contributed by atoms with E-state index in [1.165, 1.54) is 0 Å². The molecule has 0 amide bonds. The van der Waals surface area contributed by atoms with E-state index in [4.69, 9.17) is 4.42 Å². The van der Waals surface area contributed by atoms with Gasteiger partial charge in [0.2, 0.25) is 0 Å². The van der Waals surface area contributed by atoms with Gasteiger partial charge in [-0.2, -0.15) is 0 Å². The molecule has 1 N–H and O–H groups in total. The molecule has 0 bridgehead atoms. The minimum Gasteiger partial charge on any atom is -0.452 e. The van der Waals surface area contributed by atoms with Crippen LogP contribution in [0.2, 0.25) is 0 Å². The zero-order valence-electron chi connectivity index (χ0n) is 11.3. The van der Waals surface area contributed by atoms with E-state index in [1.54, 1.807) is 12.1 Å². The lowest BCUT2D eigenvalue weighted by atomic mass is 9.94. The van der Waals surface area contributed by atoms with Gasteiger partial charge in [-0.1, -0.05) is 6.92 Å². The molecule has 0 aliphatic rings. The van der Waals surface area contributed by atoms with Crippen LogP contribution in [0.3, 0.4) is 0 Å². The van der Waals surface area contributed by atoms with E-state index in [2.05, 4.69) is 21.2 Å². The Balaban J connectivity index is 2.51. The van der Waals surface area contributed by atoms with Gasteiger partial charge in [-0.15, -0.1) is 0 Å². The summed E-state index contributed by atoms with van der Waals surface area (Å²) in [6, 6.07) is 6.86. The van der Waals surface area contributed by atoms with E-state index in [-0.39, 0.29) is 11.9 Å². The van der Waals surface area contributed by atoms with E-state index in [0.717, 1.165) is 29.0 Å². The van der Waals surface area contributed by atoms with Gasteiger partial charge in [0.1, 0.15) is 11.6 Å². The highest BCUT2D eigenvalue weighted by Gasteiger charge is 2.21. The summed E-state index contributed by atoms with van der Waals surface area (Å²) < 4.78 is 19.8. The van der Waals surface area contributed by atoms with Gasteiger partial charge in [0.15, 0.2) is 4.67 Å². The normalized spacial score (nSPS) is 12.7. The average molecular weight is 326 g/mol. The van der Waals surface area contributed by atoms with Crippen LogP contribution in [-0.4, -0.2) is 6.54 Å². The van der Waals surface area contributed by atoms with E-state index in [0.29, 0.717) is 4.67 Å². The molecule has 0 radical (unpaired) electrons. The monoisotopic (exact) mass is 325 g/mol. The fourth-order valence-corrected chi connectivity index (χ4v) is 2.73. The third-order valence-electron chi connectivity index (χ3n) is 3.13. The molecular formula is C15H17BrFNO. The molecule has 4 heteroatoms. The van der Waals surface area contributed by atoms with E-state index in [1.807, 2.05) is 32.9 Å². The Hall–Kier alpha value is -1.13. The third kappa shape index (κ3) is 3.07. The fourth-order valence-electron chi connectivity index (χ4n) is 2.41. The molecule has 102 valence electrons. The number of benzene rings is 1. The molecule has 0 spiro atoms. The van der Waals surface area contributed by atoms with Crippen molar-refractivity contribution in [2.24, 2.45) is 0 Å². The second kappa shape index (κ2) is 5.88. The summed E-state index contributed by atoms with van der Waals surface area (Å²) in [7, 11) is 0. The summed E-state index contributed by atoms with van der Waals surface area (Å²) >= 11 is 3.32. The number of aryl methyl sites for hydroxylation is 2. The number of rotatable bonds is 4. The second-order valence-corrected chi connectivity index (χ2v) is 5.37. The van der Waals surface area contributed by atoms with Crippen molar-refractivity contribution in [2.45, 2.75) is 26.8 Å². The summed E-state index contributed by atoms with van der Waals surface area (Å²) in [5.41, 5.74) is 2.93. The van der Waals surface area contributed by atoms with Crippen molar-refractivity contribution in [1.29, 1.82) is 0 Å². The predicted octanol–water partition coefficient (Wildman–Crippen LogP) is 4.50. The van der Waals surface area contributed by atoms with Gasteiger partial charge in [0.05, 0.1) is 6.04 Å². The lowest BCUT2D eigenvalue weighted by Gasteiger charge is -2.20. The highest BCUT2D eigenvalue weighted by atomic mass is 79.9. The number of halogens is 2. The Bertz CT molecular complexity index is 556. The first-order chi connectivity index (χ1) is 9.02. The average Bonchev–Trinajstić information content (AvgIpc) is 2.73. The fraction of sp³-hybridized carbons (Fsp3) is 0.333. The maximum absolute atomic E-state index is 13.4. The van der Waals surface area contributed by atoms with Crippen LogP contribution in [0.1, 0.15) is 35.4 Å². The summed E-state index contributed by atoms with van der Waals surface area (Å²) in [5, 5.41) is 3.39. The van der Waals surface area contributed by atoms with Crippen molar-refractivity contribution >= 4 is 15.9 Å². The maximum atomic E-state index is 13.4. The molecule has 0 saturated heterocycles. The summed E-state index contributed by atoms with van der Waals surface area (Å²) in [5.74, 6) is 0.626. The molecule has 2 rings (SSSR count). The maximum Gasteiger partial charge on any atom is 0.169 e. The van der Waals surface area contributed by atoms with Crippen molar-refractivity contribution in [3.8, 4) is 0 Å². The van der Waals surface area contributed by atoms with Crippen molar-refractivity contribution in [3.63, 3.8) is 0 Å². The molecule has 1 atom stereocenters. The Morgan fingerprint density at radius 2 is 1.89 bits per heavy atom. The van der Waals surface area contributed by atoms with Crippen LogP contribution in [-0.2, 0) is 0 Å². The molecule has 1 aromatic carbocycles. The molecule has 0 fully saturated rings. The number of furan rings is 1. The second-order valence-electron chi connectivity index (χ2n) is 4.59. The minimum absolute atomic E-state index is 0.0584. The molecule has 0 aliphatic heterocycles. The van der Waals surface area contributed by atoms with Gasteiger partial charge in [0, 0.05) is 0 Å². The molecule has 0 saturated carbocycles. The van der Waals surface area contributed by atoms with Gasteiger partial charge >= 0.3 is 0 Å². The molecule has 0 aliphatic carbocycles. The molecule has 2 aromatic rings. The molecule has 1 heterocycles. The van der Waals surface area contributed by atoms with E-state index in [9.17, 15) is 4.39 Å². The van der Waals surface area contributed by atoms with Crippen molar-refractivity contribution in [2.75, 3.05) is 6.54 Å². The quantitative estimate of drug-likeness (QED) is 0.895. The Morgan fingerprint density at radius 1 is 1.26 bits per heavy atom. The first-order valence-electron chi connectivity index (χ1n) is 6.28. The van der Waals surface area contributed by atoms with Crippen LogP contribution >= 0.6 is 15.9 Å². The Labute approximate surface area is 121 Å². The minimum atomic E-state index is -0.199. The third-order valence-corrected chi connectivity index (χ3v) is 3.56. The Kier molecular flexibility index (Phi) is 4.42. The Morgan fingerprint density at radius 3 is 2.37 bits per heavy atom. The highest BCUT2D eigenvalue weighted by molar-refractivity contribution is 9.10. The van der Waals surface area contributed by atoms with Crippen molar-refractivity contribution in [3.05, 3.63) is 57.2 Å². The van der Waals surface area contributed by atoms with E-state index >= 15 is 0 Å². The van der Waals surface area contributed by atoms with Gasteiger partial charge in [-0.25, -0.2) is 4.39 Å². The van der Waals surface area contributed by atoms with Crippen LogP contribution in [0.25, 0.3) is 0 Å². The molecule has 2 nitrogen and oxygen atoms in total. The summed E-state index contributed by atoms with van der Waals surface area (Å²) in [6.07, 6.45) is 0. The number of hydrogen-bond acceptors (Lipinski definition) is 2. The summed E-state index contributed by atoms with van der Waals surface area (Å²) in [6.45, 7) is 6.69. The topological polar surface area (TPSA) is 25.2 Å². The van der Waals surface area contributed by atoms with Crippen LogP contribution in [0.15, 0.2) is 33.4 Å². The molecular weight excluding hydrogens is 309 g/mol. The smallest absolute Gasteiger partial charge is 0.169 e. The largest absolute Gasteiger partial charge is 0.452 e. The van der Waals surface area contributed by atoms with Crippen LogP contribution in [0, 0.1) is 19.7 Å². The SMILES string of the molecule is CCNC(c1ccc(Br)o1)c1c(C)cc(F)cc1C. The van der Waals surface area contributed by atoms with Crippen molar-refractivity contribution < 1.29 is 8.81 Å². The predicted molar refractivity (Wildman–Crippen MR) is 77.8 cm³/mol. The van der Waals surface area contributed by atoms with Crippen LogP contribution in [0.4, 0.5) is 4.39 Å². The molecule has 1 aromatic heterocycles. The first-order valence-corrected chi connectivity index (χ1v) is 7.07. The van der Waals surface area contributed by atoms with Crippen LogP contribution in [0.5, 0.6) is 0 Å². The van der Waals surface area contributed by atoms with Gasteiger partial charge < -0.3 is 9.73 Å². The lowest BCUT2D eigenvalue weighted by molar-refractivity contribution is 0.435. The summed E-state index contributed by atoms with van der Waals surface area (Å²) in [4.78, 5) is 0. The van der Waals surface area contributed by atoms with Gasteiger partial charge in [0.25, 0.3) is 0 Å². The van der Waals surface area contributed by atoms with E-state index < -0.39 is 0 Å². The van der Waals surface area contributed by atoms with Crippen molar-refractivity contribution in [1.82, 2.24) is 5.32 Å². The lowest BCUT2D eigenvalue weighted by Crippen LogP contribution is -2.23.